The Morgan fingerprint density at radius 2 is 2.54 bits per heavy atom. The van der Waals surface area contributed by atoms with E-state index in [9.17, 15) is 0 Å². The first-order chi connectivity index (χ1) is 6.11. The van der Waals surface area contributed by atoms with Crippen LogP contribution in [0.5, 0.6) is 0 Å². The number of nitrogens with one attached hydrogen (secondary N) is 1. The van der Waals surface area contributed by atoms with Crippen molar-refractivity contribution in [2.75, 3.05) is 6.54 Å². The Labute approximate surface area is 87.0 Å². The lowest BCUT2D eigenvalue weighted by Crippen LogP contribution is -2.21. The fourth-order valence-electron chi connectivity index (χ4n) is 1.18. The highest BCUT2D eigenvalue weighted by atomic mass is 79.9. The Morgan fingerprint density at radius 3 is 3.00 bits per heavy atom. The number of aryl methyl sites for hydroxylation is 1. The zero-order valence-electron chi connectivity index (χ0n) is 7.92. The summed E-state index contributed by atoms with van der Waals surface area (Å²) in [5, 5.41) is 7.43. The highest BCUT2D eigenvalue weighted by Crippen LogP contribution is 2.10. The van der Waals surface area contributed by atoms with Gasteiger partial charge in [0.05, 0.1) is 5.69 Å². The highest BCUT2D eigenvalue weighted by Gasteiger charge is 2.07. The van der Waals surface area contributed by atoms with Crippen LogP contribution in [0.2, 0.25) is 0 Å². The second-order valence-corrected chi connectivity index (χ2v) is 4.12. The van der Waals surface area contributed by atoms with Gasteiger partial charge in [0.1, 0.15) is 0 Å². The van der Waals surface area contributed by atoms with Crippen molar-refractivity contribution in [2.24, 2.45) is 7.05 Å². The molecule has 0 bridgehead atoms. The largest absolute Gasteiger partial charge is 0.304 e. The lowest BCUT2D eigenvalue weighted by molar-refractivity contribution is 0.557. The van der Waals surface area contributed by atoms with Crippen molar-refractivity contribution in [3.63, 3.8) is 0 Å². The van der Waals surface area contributed by atoms with Gasteiger partial charge in [-0.15, -0.1) is 0 Å². The van der Waals surface area contributed by atoms with Gasteiger partial charge in [0.25, 0.3) is 0 Å². The van der Waals surface area contributed by atoms with E-state index in [2.05, 4.69) is 39.8 Å². The third kappa shape index (κ3) is 2.97. The second kappa shape index (κ2) is 4.58. The van der Waals surface area contributed by atoms with Crippen molar-refractivity contribution < 1.29 is 0 Å². The van der Waals surface area contributed by atoms with Gasteiger partial charge < -0.3 is 5.32 Å². The predicted octanol–water partition coefficient (Wildman–Crippen LogP) is 1.98. The summed E-state index contributed by atoms with van der Waals surface area (Å²) in [6.07, 6.45) is 1.80. The van der Waals surface area contributed by atoms with E-state index in [0.29, 0.717) is 6.04 Å². The van der Waals surface area contributed by atoms with Crippen LogP contribution in [0, 0.1) is 0 Å². The van der Waals surface area contributed by atoms with Gasteiger partial charge in [-0.1, -0.05) is 22.5 Å². The quantitative estimate of drug-likeness (QED) is 0.877. The van der Waals surface area contributed by atoms with Crippen molar-refractivity contribution in [3.8, 4) is 0 Å². The lowest BCUT2D eigenvalue weighted by atomic mass is 10.2. The zero-order valence-corrected chi connectivity index (χ0v) is 9.50. The third-order valence-corrected chi connectivity index (χ3v) is 2.18. The molecule has 0 amide bonds. The monoisotopic (exact) mass is 243 g/mol. The molecule has 72 valence electrons. The van der Waals surface area contributed by atoms with Crippen LogP contribution < -0.4 is 5.32 Å². The summed E-state index contributed by atoms with van der Waals surface area (Å²) in [4.78, 5) is 0. The number of halogens is 1. The Hall–Kier alpha value is -0.610. The molecule has 1 unspecified atom stereocenters. The molecule has 3 nitrogen and oxygen atoms in total. The maximum atomic E-state index is 4.11. The number of nitrogens with zero attached hydrogens (tertiary/aromatic N) is 2. The van der Waals surface area contributed by atoms with E-state index in [0.717, 1.165) is 11.0 Å². The van der Waals surface area contributed by atoms with Crippen LogP contribution >= 0.6 is 15.9 Å². The topological polar surface area (TPSA) is 29.9 Å². The molecule has 0 spiro atoms. The fraction of sp³-hybridized carbons (Fsp3) is 0.444. The minimum Gasteiger partial charge on any atom is -0.304 e. The van der Waals surface area contributed by atoms with E-state index in [-0.39, 0.29) is 0 Å². The van der Waals surface area contributed by atoms with Crippen LogP contribution in [0.25, 0.3) is 0 Å². The van der Waals surface area contributed by atoms with Crippen LogP contribution in [0.15, 0.2) is 23.3 Å². The van der Waals surface area contributed by atoms with E-state index in [1.165, 1.54) is 5.69 Å². The van der Waals surface area contributed by atoms with Crippen molar-refractivity contribution in [2.45, 2.75) is 13.0 Å². The Kier molecular flexibility index (Phi) is 3.69. The number of aromatic nitrogens is 2. The molecule has 1 N–H and O–H groups in total. The first-order valence-electron chi connectivity index (χ1n) is 4.16. The Morgan fingerprint density at radius 1 is 1.85 bits per heavy atom. The third-order valence-electron chi connectivity index (χ3n) is 1.90. The molecule has 4 heteroatoms. The average molecular weight is 244 g/mol. The molecule has 0 aromatic carbocycles. The van der Waals surface area contributed by atoms with Gasteiger partial charge in [0, 0.05) is 30.3 Å². The van der Waals surface area contributed by atoms with Gasteiger partial charge in [-0.05, 0) is 13.0 Å². The highest BCUT2D eigenvalue weighted by molar-refractivity contribution is 9.11. The molecule has 1 aromatic heterocycles. The van der Waals surface area contributed by atoms with Gasteiger partial charge in [0.15, 0.2) is 0 Å². The van der Waals surface area contributed by atoms with E-state index in [4.69, 9.17) is 0 Å². The summed E-state index contributed by atoms with van der Waals surface area (Å²) in [7, 11) is 1.94. The zero-order chi connectivity index (χ0) is 9.84. The molecule has 1 heterocycles. The van der Waals surface area contributed by atoms with E-state index in [1.54, 1.807) is 6.20 Å². The molecular weight excluding hydrogens is 230 g/mol. The molecule has 0 radical (unpaired) electrons. The standard InChI is InChI=1S/C9H14BrN3/c1-7(10)6-11-8(2)9-4-5-12-13(9)3/h4-5,8,11H,1,6H2,2-3H3. The maximum Gasteiger partial charge on any atom is 0.0547 e. The molecule has 13 heavy (non-hydrogen) atoms. The number of hydrogen-bond acceptors (Lipinski definition) is 2. The molecule has 1 aromatic rings. The van der Waals surface area contributed by atoms with Crippen molar-refractivity contribution in [3.05, 3.63) is 29.0 Å². The molecule has 1 rings (SSSR count). The van der Waals surface area contributed by atoms with Crippen LogP contribution in [0.4, 0.5) is 0 Å². The summed E-state index contributed by atoms with van der Waals surface area (Å²) in [5.74, 6) is 0. The lowest BCUT2D eigenvalue weighted by Gasteiger charge is -2.13. The molecule has 0 fully saturated rings. The second-order valence-electron chi connectivity index (χ2n) is 3.00. The van der Waals surface area contributed by atoms with E-state index in [1.807, 2.05) is 17.8 Å². The van der Waals surface area contributed by atoms with Gasteiger partial charge in [-0.25, -0.2) is 0 Å². The first-order valence-corrected chi connectivity index (χ1v) is 4.95. The molecule has 0 aliphatic rings. The van der Waals surface area contributed by atoms with Gasteiger partial charge in [-0.2, -0.15) is 5.10 Å². The van der Waals surface area contributed by atoms with E-state index >= 15 is 0 Å². The minimum atomic E-state index is 0.293. The van der Waals surface area contributed by atoms with Crippen LogP contribution in [-0.2, 0) is 7.05 Å². The van der Waals surface area contributed by atoms with Crippen molar-refractivity contribution in [1.82, 2.24) is 15.1 Å². The number of rotatable bonds is 4. The SMILES string of the molecule is C=C(Br)CNC(C)c1ccnn1C. The summed E-state index contributed by atoms with van der Waals surface area (Å²) >= 11 is 3.31. The van der Waals surface area contributed by atoms with Crippen molar-refractivity contribution in [1.29, 1.82) is 0 Å². The molecule has 0 saturated carbocycles. The predicted molar refractivity (Wildman–Crippen MR) is 57.7 cm³/mol. The van der Waals surface area contributed by atoms with Gasteiger partial charge in [-0.3, -0.25) is 4.68 Å². The van der Waals surface area contributed by atoms with E-state index < -0.39 is 0 Å². The first kappa shape index (κ1) is 10.5. The smallest absolute Gasteiger partial charge is 0.0547 e. The maximum absolute atomic E-state index is 4.11. The fourth-order valence-corrected chi connectivity index (χ4v) is 1.34. The molecule has 0 aliphatic carbocycles. The van der Waals surface area contributed by atoms with Crippen molar-refractivity contribution >= 4 is 15.9 Å². The van der Waals surface area contributed by atoms with Crippen LogP contribution in [0.3, 0.4) is 0 Å². The number of hydrogen-bond donors (Lipinski definition) is 1. The molecule has 0 saturated heterocycles. The molecule has 0 aliphatic heterocycles. The van der Waals surface area contributed by atoms with Crippen LogP contribution in [0.1, 0.15) is 18.7 Å². The van der Waals surface area contributed by atoms with Gasteiger partial charge >= 0.3 is 0 Å². The Balaban J connectivity index is 2.53. The summed E-state index contributed by atoms with van der Waals surface area (Å²) in [5.41, 5.74) is 1.17. The summed E-state index contributed by atoms with van der Waals surface area (Å²) in [6, 6.07) is 2.30. The summed E-state index contributed by atoms with van der Waals surface area (Å²) in [6.45, 7) is 6.64. The Bertz CT molecular complexity index is 293. The minimum absolute atomic E-state index is 0.293. The molecule has 1 atom stereocenters. The van der Waals surface area contributed by atoms with Gasteiger partial charge in [0.2, 0.25) is 0 Å². The summed E-state index contributed by atoms with van der Waals surface area (Å²) < 4.78 is 2.83. The van der Waals surface area contributed by atoms with Crippen LogP contribution in [-0.4, -0.2) is 16.3 Å². The normalized spacial score (nSPS) is 12.8. The average Bonchev–Trinajstić information content (AvgIpc) is 2.47. The molecular formula is C9H14BrN3.